The highest BCUT2D eigenvalue weighted by Crippen LogP contribution is 2.16. The second-order valence-corrected chi connectivity index (χ2v) is 7.90. The van der Waals surface area contributed by atoms with Crippen LogP contribution in [0.15, 0.2) is 18.2 Å². The molecular formula is C14H21N3O3S. The van der Waals surface area contributed by atoms with Crippen molar-refractivity contribution >= 4 is 21.6 Å². The number of rotatable bonds is 3. The van der Waals surface area contributed by atoms with Crippen molar-refractivity contribution in [1.29, 1.82) is 0 Å². The quantitative estimate of drug-likeness (QED) is 0.906. The number of carbonyl (C=O) groups is 1. The fraction of sp³-hybridized carbons (Fsp3) is 0.571. The van der Waals surface area contributed by atoms with Crippen LogP contribution in [-0.2, 0) is 9.84 Å². The van der Waals surface area contributed by atoms with Gasteiger partial charge in [-0.1, -0.05) is 6.07 Å². The molecule has 1 aromatic rings. The van der Waals surface area contributed by atoms with E-state index >= 15 is 0 Å². The van der Waals surface area contributed by atoms with E-state index in [4.69, 9.17) is 0 Å². The van der Waals surface area contributed by atoms with E-state index in [0.717, 1.165) is 0 Å². The fourth-order valence-corrected chi connectivity index (χ4v) is 3.93. The minimum Gasteiger partial charge on any atom is -0.368 e. The molecule has 1 fully saturated rings. The number of pyridine rings is 1. The molecule has 1 aliphatic rings. The van der Waals surface area contributed by atoms with Gasteiger partial charge in [-0.15, -0.1) is 0 Å². The molecular weight excluding hydrogens is 290 g/mol. The smallest absolute Gasteiger partial charge is 0.272 e. The molecule has 2 rings (SSSR count). The van der Waals surface area contributed by atoms with E-state index in [1.54, 1.807) is 30.0 Å². The van der Waals surface area contributed by atoms with Crippen molar-refractivity contribution in [2.75, 3.05) is 23.4 Å². The average Bonchev–Trinajstić information content (AvgIpc) is 2.36. The van der Waals surface area contributed by atoms with Crippen LogP contribution in [0.3, 0.4) is 0 Å². The molecule has 1 saturated heterocycles. The molecule has 0 aliphatic carbocycles. The fourth-order valence-electron chi connectivity index (χ4n) is 2.38. The largest absolute Gasteiger partial charge is 0.368 e. The summed E-state index contributed by atoms with van der Waals surface area (Å²) in [6.45, 7) is 5.97. The molecule has 0 radical (unpaired) electrons. The molecule has 21 heavy (non-hydrogen) atoms. The molecule has 0 saturated carbocycles. The highest BCUT2D eigenvalue weighted by Gasteiger charge is 2.32. The SMILES string of the molecule is CC(C)Nc1cccc(C(=O)N2CCS(=O)(=O)CC2C)n1. The minimum atomic E-state index is -3.03. The molecule has 7 heteroatoms. The van der Waals surface area contributed by atoms with Crippen LogP contribution in [0, 0.1) is 0 Å². The Morgan fingerprint density at radius 3 is 2.76 bits per heavy atom. The van der Waals surface area contributed by atoms with Crippen LogP contribution >= 0.6 is 0 Å². The van der Waals surface area contributed by atoms with Gasteiger partial charge in [-0.05, 0) is 32.9 Å². The van der Waals surface area contributed by atoms with Gasteiger partial charge in [0.1, 0.15) is 11.5 Å². The molecule has 1 amide bonds. The van der Waals surface area contributed by atoms with Crippen LogP contribution in [0.2, 0.25) is 0 Å². The molecule has 1 atom stereocenters. The van der Waals surface area contributed by atoms with Crippen LogP contribution in [-0.4, -0.2) is 54.3 Å². The maximum absolute atomic E-state index is 12.5. The summed E-state index contributed by atoms with van der Waals surface area (Å²) in [7, 11) is -3.03. The lowest BCUT2D eigenvalue weighted by Gasteiger charge is -2.32. The van der Waals surface area contributed by atoms with Gasteiger partial charge in [0, 0.05) is 18.6 Å². The summed E-state index contributed by atoms with van der Waals surface area (Å²) in [5.41, 5.74) is 0.340. The highest BCUT2D eigenvalue weighted by molar-refractivity contribution is 7.91. The summed E-state index contributed by atoms with van der Waals surface area (Å²) in [4.78, 5) is 18.4. The Kier molecular flexibility index (Phi) is 4.51. The Morgan fingerprint density at radius 2 is 2.14 bits per heavy atom. The van der Waals surface area contributed by atoms with Crippen molar-refractivity contribution in [3.63, 3.8) is 0 Å². The van der Waals surface area contributed by atoms with Crippen molar-refractivity contribution < 1.29 is 13.2 Å². The summed E-state index contributed by atoms with van der Waals surface area (Å²) in [5.74, 6) is 0.466. The van der Waals surface area contributed by atoms with Gasteiger partial charge < -0.3 is 10.2 Å². The van der Waals surface area contributed by atoms with Gasteiger partial charge in [-0.25, -0.2) is 13.4 Å². The normalized spacial score (nSPS) is 21.3. The van der Waals surface area contributed by atoms with E-state index < -0.39 is 9.84 Å². The molecule has 116 valence electrons. The first-order chi connectivity index (χ1) is 9.78. The molecule has 0 bridgehead atoms. The number of sulfone groups is 1. The molecule has 1 N–H and O–H groups in total. The molecule has 0 spiro atoms. The van der Waals surface area contributed by atoms with E-state index in [-0.39, 0.29) is 36.0 Å². The van der Waals surface area contributed by atoms with Crippen LogP contribution in [0.4, 0.5) is 5.82 Å². The Bertz CT molecular complexity index is 628. The molecule has 2 heterocycles. The third kappa shape index (κ3) is 3.93. The number of nitrogens with zero attached hydrogens (tertiary/aromatic N) is 2. The van der Waals surface area contributed by atoms with E-state index in [2.05, 4.69) is 10.3 Å². The number of hydrogen-bond donors (Lipinski definition) is 1. The Hall–Kier alpha value is -1.63. The summed E-state index contributed by atoms with van der Waals surface area (Å²) in [6, 6.07) is 5.14. The van der Waals surface area contributed by atoms with E-state index in [1.165, 1.54) is 0 Å². The van der Waals surface area contributed by atoms with Gasteiger partial charge in [0.2, 0.25) is 0 Å². The predicted molar refractivity (Wildman–Crippen MR) is 82.1 cm³/mol. The van der Waals surface area contributed by atoms with Crippen molar-refractivity contribution in [1.82, 2.24) is 9.88 Å². The molecule has 6 nitrogen and oxygen atoms in total. The van der Waals surface area contributed by atoms with Gasteiger partial charge in [-0.3, -0.25) is 4.79 Å². The predicted octanol–water partition coefficient (Wildman–Crippen LogP) is 1.16. The minimum absolute atomic E-state index is 0.0165. The first-order valence-corrected chi connectivity index (χ1v) is 8.85. The Labute approximate surface area is 125 Å². The lowest BCUT2D eigenvalue weighted by molar-refractivity contribution is 0.0706. The molecule has 1 unspecified atom stereocenters. The molecule has 1 aliphatic heterocycles. The summed E-state index contributed by atoms with van der Waals surface area (Å²) < 4.78 is 23.2. The van der Waals surface area contributed by atoms with E-state index in [0.29, 0.717) is 11.5 Å². The number of aromatic nitrogens is 1. The first kappa shape index (κ1) is 15.8. The zero-order valence-electron chi connectivity index (χ0n) is 12.5. The monoisotopic (exact) mass is 311 g/mol. The average molecular weight is 311 g/mol. The van der Waals surface area contributed by atoms with E-state index in [9.17, 15) is 13.2 Å². The Balaban J connectivity index is 2.17. The lowest BCUT2D eigenvalue weighted by atomic mass is 10.2. The summed E-state index contributed by atoms with van der Waals surface area (Å²) in [5, 5.41) is 3.15. The third-order valence-electron chi connectivity index (χ3n) is 3.34. The zero-order valence-corrected chi connectivity index (χ0v) is 13.4. The number of nitrogens with one attached hydrogen (secondary N) is 1. The number of hydrogen-bond acceptors (Lipinski definition) is 5. The second kappa shape index (κ2) is 6.01. The van der Waals surface area contributed by atoms with Crippen LogP contribution < -0.4 is 5.32 Å². The number of anilines is 1. The van der Waals surface area contributed by atoms with Crippen molar-refractivity contribution in [2.24, 2.45) is 0 Å². The maximum Gasteiger partial charge on any atom is 0.272 e. The van der Waals surface area contributed by atoms with E-state index in [1.807, 2.05) is 13.8 Å². The topological polar surface area (TPSA) is 79.4 Å². The summed E-state index contributed by atoms with van der Waals surface area (Å²) in [6.07, 6.45) is 0. The standard InChI is InChI=1S/C14H21N3O3S/c1-10(2)15-13-6-4-5-12(16-13)14(18)17-7-8-21(19,20)9-11(17)3/h4-6,10-11H,7-9H2,1-3H3,(H,15,16). The van der Waals surface area contributed by atoms with Crippen LogP contribution in [0.1, 0.15) is 31.3 Å². The second-order valence-electron chi connectivity index (χ2n) is 5.67. The van der Waals surface area contributed by atoms with Gasteiger partial charge in [0.05, 0.1) is 11.5 Å². The van der Waals surface area contributed by atoms with Crippen molar-refractivity contribution in [2.45, 2.75) is 32.9 Å². The van der Waals surface area contributed by atoms with Gasteiger partial charge in [0.25, 0.3) is 5.91 Å². The summed E-state index contributed by atoms with van der Waals surface area (Å²) >= 11 is 0. The molecule has 1 aromatic heterocycles. The van der Waals surface area contributed by atoms with Gasteiger partial charge in [0.15, 0.2) is 9.84 Å². The first-order valence-electron chi connectivity index (χ1n) is 7.03. The Morgan fingerprint density at radius 1 is 1.43 bits per heavy atom. The highest BCUT2D eigenvalue weighted by atomic mass is 32.2. The zero-order chi connectivity index (χ0) is 15.6. The van der Waals surface area contributed by atoms with Gasteiger partial charge in [-0.2, -0.15) is 0 Å². The third-order valence-corrected chi connectivity index (χ3v) is 5.13. The van der Waals surface area contributed by atoms with Crippen LogP contribution in [0.5, 0.6) is 0 Å². The number of amides is 1. The van der Waals surface area contributed by atoms with Crippen LogP contribution in [0.25, 0.3) is 0 Å². The number of carbonyl (C=O) groups excluding carboxylic acids is 1. The van der Waals surface area contributed by atoms with Crippen molar-refractivity contribution in [3.05, 3.63) is 23.9 Å². The molecule has 0 aromatic carbocycles. The maximum atomic E-state index is 12.5. The van der Waals surface area contributed by atoms with Gasteiger partial charge >= 0.3 is 0 Å². The van der Waals surface area contributed by atoms with Crippen molar-refractivity contribution in [3.8, 4) is 0 Å². The lowest BCUT2D eigenvalue weighted by Crippen LogP contribution is -2.49.